The maximum Gasteiger partial charge on any atom is 0.514 e. The quantitative estimate of drug-likeness (QED) is 0.373. The average molecular weight is 166 g/mol. The van der Waals surface area contributed by atoms with Gasteiger partial charge in [-0.25, -0.2) is 4.79 Å². The maximum atomic E-state index is 10.3. The molecule has 0 amide bonds. The molecule has 0 saturated carbocycles. The molecule has 0 saturated heterocycles. The van der Waals surface area contributed by atoms with E-state index in [0.29, 0.717) is 6.42 Å². The van der Waals surface area contributed by atoms with Gasteiger partial charge in [-0.15, -0.1) is 0 Å². The van der Waals surface area contributed by atoms with E-state index in [1.807, 2.05) is 0 Å². The molecule has 0 radical (unpaired) electrons. The van der Waals surface area contributed by atoms with Gasteiger partial charge in [-0.3, -0.25) is 0 Å². The smallest absolute Gasteiger partial charge is 0.434 e. The molecule has 6 nitrogen and oxygen atoms in total. The van der Waals surface area contributed by atoms with Gasteiger partial charge in [0.25, 0.3) is 0 Å². The van der Waals surface area contributed by atoms with E-state index in [9.17, 15) is 4.79 Å². The van der Waals surface area contributed by atoms with Crippen LogP contribution >= 0.6 is 0 Å². The van der Waals surface area contributed by atoms with Crippen LogP contribution in [0, 0.1) is 0 Å². The first-order valence-electron chi connectivity index (χ1n) is 2.98. The van der Waals surface area contributed by atoms with Crippen molar-refractivity contribution in [1.29, 1.82) is 0 Å². The summed E-state index contributed by atoms with van der Waals surface area (Å²) in [6, 6.07) is 0. The summed E-state index contributed by atoms with van der Waals surface area (Å²) in [5, 5.41) is 24.2. The predicted molar refractivity (Wildman–Crippen MR) is 32.1 cm³/mol. The first kappa shape index (κ1) is 10.2. The minimum absolute atomic E-state index is 0.0922. The van der Waals surface area contributed by atoms with Crippen LogP contribution in [0.25, 0.3) is 0 Å². The first-order valence-corrected chi connectivity index (χ1v) is 2.98. The van der Waals surface area contributed by atoms with Gasteiger partial charge in [0.05, 0.1) is 6.61 Å². The normalized spacial score (nSPS) is 10.9. The zero-order valence-electron chi connectivity index (χ0n) is 5.98. The summed E-state index contributed by atoms with van der Waals surface area (Å²) in [5.41, 5.74) is 0. The molecule has 0 spiro atoms. The second-order valence-electron chi connectivity index (χ2n) is 1.77. The fourth-order valence-electron chi connectivity index (χ4n) is 0.327. The summed E-state index contributed by atoms with van der Waals surface area (Å²) in [7, 11) is 0. The molecule has 0 heterocycles. The Morgan fingerprint density at radius 1 is 1.45 bits per heavy atom. The Morgan fingerprint density at radius 2 is 2.00 bits per heavy atom. The fraction of sp³-hybridized carbons (Fsp3) is 0.800. The van der Waals surface area contributed by atoms with Crippen LogP contribution < -0.4 is 0 Å². The zero-order chi connectivity index (χ0) is 8.91. The molecule has 0 aromatic heterocycles. The highest BCUT2D eigenvalue weighted by Crippen LogP contribution is 1.98. The third-order valence-electron chi connectivity index (χ3n) is 0.644. The molecule has 0 aromatic rings. The van der Waals surface area contributed by atoms with Crippen LogP contribution in [0.1, 0.15) is 13.3 Å². The van der Waals surface area contributed by atoms with E-state index in [-0.39, 0.29) is 6.61 Å². The second kappa shape index (κ2) is 4.12. The largest absolute Gasteiger partial charge is 0.514 e. The van der Waals surface area contributed by atoms with Crippen molar-refractivity contribution in [3.05, 3.63) is 0 Å². The molecule has 0 aliphatic carbocycles. The fourth-order valence-corrected chi connectivity index (χ4v) is 0.327. The standard InChI is InChI=1S/C5H10O6/c1-2-3-10-4(6)11-5(7,8)9/h7-9H,2-3H2,1H3. The highest BCUT2D eigenvalue weighted by atomic mass is 16.9. The Hall–Kier alpha value is -0.850. The van der Waals surface area contributed by atoms with Gasteiger partial charge >= 0.3 is 12.3 Å². The van der Waals surface area contributed by atoms with Gasteiger partial charge < -0.3 is 24.8 Å². The number of hydrogen-bond acceptors (Lipinski definition) is 6. The molecule has 0 aromatic carbocycles. The molecule has 3 N–H and O–H groups in total. The minimum atomic E-state index is -3.45. The van der Waals surface area contributed by atoms with Crippen molar-refractivity contribution in [2.75, 3.05) is 6.61 Å². The number of hydrogen-bond donors (Lipinski definition) is 3. The summed E-state index contributed by atoms with van der Waals surface area (Å²) in [6.07, 6.45) is -4.21. The minimum Gasteiger partial charge on any atom is -0.434 e. The predicted octanol–water partition coefficient (Wildman–Crippen LogP) is -0.862. The van der Waals surface area contributed by atoms with Crippen LogP contribution in [0.4, 0.5) is 4.79 Å². The van der Waals surface area contributed by atoms with E-state index < -0.39 is 12.3 Å². The van der Waals surface area contributed by atoms with Gasteiger partial charge in [0.2, 0.25) is 0 Å². The van der Waals surface area contributed by atoms with Crippen LogP contribution in [0.3, 0.4) is 0 Å². The molecule has 6 heteroatoms. The summed E-state index contributed by atoms with van der Waals surface area (Å²) in [5.74, 6) is 0. The molecule has 0 rings (SSSR count). The van der Waals surface area contributed by atoms with Gasteiger partial charge in [0.15, 0.2) is 0 Å². The van der Waals surface area contributed by atoms with Gasteiger partial charge in [-0.05, 0) is 6.42 Å². The highest BCUT2D eigenvalue weighted by Gasteiger charge is 2.25. The van der Waals surface area contributed by atoms with Gasteiger partial charge in [-0.1, -0.05) is 6.92 Å². The van der Waals surface area contributed by atoms with Crippen LogP contribution in [0.5, 0.6) is 0 Å². The molecule has 0 aliphatic heterocycles. The Kier molecular flexibility index (Phi) is 3.80. The molecule has 0 unspecified atom stereocenters. The Bertz CT molecular complexity index is 125. The summed E-state index contributed by atoms with van der Waals surface area (Å²) >= 11 is 0. The number of rotatable bonds is 3. The topological polar surface area (TPSA) is 96.2 Å². The number of carbonyl (C=O) groups is 1. The number of carbonyl (C=O) groups excluding carboxylic acids is 1. The number of ether oxygens (including phenoxy) is 2. The summed E-state index contributed by atoms with van der Waals surface area (Å²) in [6.45, 7) is 1.84. The lowest BCUT2D eigenvalue weighted by atomic mass is 10.5. The SMILES string of the molecule is CCCOC(=O)OC(O)(O)O. The lowest BCUT2D eigenvalue weighted by Crippen LogP contribution is -2.34. The summed E-state index contributed by atoms with van der Waals surface area (Å²) < 4.78 is 7.77. The third-order valence-corrected chi connectivity index (χ3v) is 0.644. The van der Waals surface area contributed by atoms with Crippen molar-refractivity contribution in [3.8, 4) is 0 Å². The lowest BCUT2D eigenvalue weighted by Gasteiger charge is -2.12. The van der Waals surface area contributed by atoms with Crippen LogP contribution in [0.15, 0.2) is 0 Å². The molecule has 0 aliphatic rings. The van der Waals surface area contributed by atoms with Crippen molar-refractivity contribution in [3.63, 3.8) is 0 Å². The Balaban J connectivity index is 3.53. The van der Waals surface area contributed by atoms with Crippen molar-refractivity contribution in [2.24, 2.45) is 0 Å². The van der Waals surface area contributed by atoms with Crippen LogP contribution in [-0.4, -0.2) is 34.2 Å². The van der Waals surface area contributed by atoms with Crippen molar-refractivity contribution in [1.82, 2.24) is 0 Å². The zero-order valence-corrected chi connectivity index (χ0v) is 5.98. The van der Waals surface area contributed by atoms with Crippen LogP contribution in [-0.2, 0) is 9.47 Å². The van der Waals surface area contributed by atoms with E-state index in [1.165, 1.54) is 0 Å². The molecular weight excluding hydrogens is 156 g/mol. The lowest BCUT2D eigenvalue weighted by molar-refractivity contribution is -0.434. The van der Waals surface area contributed by atoms with Gasteiger partial charge in [0, 0.05) is 0 Å². The molecular formula is C5H10O6. The van der Waals surface area contributed by atoms with Gasteiger partial charge in [0.1, 0.15) is 0 Å². The second-order valence-corrected chi connectivity index (χ2v) is 1.77. The molecule has 0 atom stereocenters. The van der Waals surface area contributed by atoms with E-state index in [1.54, 1.807) is 6.92 Å². The summed E-state index contributed by atoms with van der Waals surface area (Å²) in [4.78, 5) is 10.3. The van der Waals surface area contributed by atoms with E-state index >= 15 is 0 Å². The maximum absolute atomic E-state index is 10.3. The monoisotopic (exact) mass is 166 g/mol. The first-order chi connectivity index (χ1) is 4.95. The highest BCUT2D eigenvalue weighted by molar-refractivity contribution is 5.59. The Labute approximate surface area is 63.0 Å². The number of aliphatic hydroxyl groups is 3. The van der Waals surface area contributed by atoms with Gasteiger partial charge in [-0.2, -0.15) is 0 Å². The molecule has 0 fully saturated rings. The van der Waals surface area contributed by atoms with Crippen molar-refractivity contribution in [2.45, 2.75) is 19.5 Å². The molecule has 11 heavy (non-hydrogen) atoms. The molecule has 66 valence electrons. The van der Waals surface area contributed by atoms with E-state index in [4.69, 9.17) is 15.3 Å². The third kappa shape index (κ3) is 7.04. The average Bonchev–Trinajstić information content (AvgIpc) is 1.79. The van der Waals surface area contributed by atoms with E-state index in [0.717, 1.165) is 0 Å². The molecule has 0 bridgehead atoms. The van der Waals surface area contributed by atoms with E-state index in [2.05, 4.69) is 9.47 Å². The van der Waals surface area contributed by atoms with Crippen LogP contribution in [0.2, 0.25) is 0 Å². The van der Waals surface area contributed by atoms with Crippen molar-refractivity contribution >= 4 is 6.16 Å². The Morgan fingerprint density at radius 3 is 2.36 bits per heavy atom. The van der Waals surface area contributed by atoms with Crippen molar-refractivity contribution < 1.29 is 29.6 Å².